The van der Waals surface area contributed by atoms with E-state index in [1.54, 1.807) is 0 Å². The predicted octanol–water partition coefficient (Wildman–Crippen LogP) is 2.39. The molecule has 1 heterocycles. The smallest absolute Gasteiger partial charge is 0.330 e. The van der Waals surface area contributed by atoms with Crippen LogP contribution in [0.4, 0.5) is 11.5 Å². The van der Waals surface area contributed by atoms with Crippen LogP contribution in [0, 0.1) is 0 Å². The van der Waals surface area contributed by atoms with Crippen molar-refractivity contribution in [1.29, 1.82) is 0 Å². The molecule has 2 rings (SSSR count). The minimum atomic E-state index is -0.741. The number of hydrogen-bond acceptors (Lipinski definition) is 7. The highest BCUT2D eigenvalue weighted by atomic mass is 32.2. The van der Waals surface area contributed by atoms with Crippen LogP contribution in [0.3, 0.4) is 0 Å². The van der Waals surface area contributed by atoms with Gasteiger partial charge in [0, 0.05) is 23.7 Å². The molecule has 1 aromatic carbocycles. The summed E-state index contributed by atoms with van der Waals surface area (Å²) in [5, 5.41) is 0. The van der Waals surface area contributed by atoms with E-state index in [4.69, 9.17) is 10.5 Å². The van der Waals surface area contributed by atoms with E-state index in [1.165, 1.54) is 21.2 Å². The van der Waals surface area contributed by atoms with E-state index in [0.717, 1.165) is 11.3 Å². The van der Waals surface area contributed by atoms with Crippen LogP contribution in [0.15, 0.2) is 44.8 Å². The third-order valence-corrected chi connectivity index (χ3v) is 5.66. The molecule has 32 heavy (non-hydrogen) atoms. The molecule has 2 aromatic rings. The molecule has 0 saturated carbocycles. The van der Waals surface area contributed by atoms with Gasteiger partial charge in [0.1, 0.15) is 5.82 Å². The van der Waals surface area contributed by atoms with Gasteiger partial charge in [0.05, 0.1) is 6.42 Å². The molecule has 10 heteroatoms. The number of hydrogen-bond donors (Lipinski definition) is 2. The Balaban J connectivity index is 2.07. The van der Waals surface area contributed by atoms with Crippen molar-refractivity contribution in [2.75, 3.05) is 29.5 Å². The lowest BCUT2D eigenvalue weighted by atomic mass is 10.2. The summed E-state index contributed by atoms with van der Waals surface area (Å²) in [6.07, 6.45) is 2.15. The second kappa shape index (κ2) is 12.7. The zero-order valence-corrected chi connectivity index (χ0v) is 19.3. The van der Waals surface area contributed by atoms with Gasteiger partial charge in [-0.3, -0.25) is 23.9 Å². The summed E-state index contributed by atoms with van der Waals surface area (Å²) in [5.41, 5.74) is 4.64. The Bertz CT molecular complexity index is 1020. The van der Waals surface area contributed by atoms with Gasteiger partial charge in [-0.15, -0.1) is 11.8 Å². The topological polar surface area (TPSA) is 127 Å². The van der Waals surface area contributed by atoms with Gasteiger partial charge in [-0.05, 0) is 25.0 Å². The van der Waals surface area contributed by atoms with Gasteiger partial charge in [-0.25, -0.2) is 4.79 Å². The number of nitrogens with two attached hydrogens (primary N) is 1. The van der Waals surface area contributed by atoms with Gasteiger partial charge in [-0.1, -0.05) is 38.5 Å². The van der Waals surface area contributed by atoms with Crippen molar-refractivity contribution in [3.63, 3.8) is 0 Å². The standard InChI is InChI=1S/C22H30N4O5S/c1-3-5-13-25(19-20(23)26(12-4-2)22(30)24-21(19)29)17(27)15-31-18(28)11-14-32-16-9-7-6-8-10-16/h6-10H,3-5,11-15,23H2,1-2H3,(H,24,29,30). The minimum Gasteiger partial charge on any atom is -0.456 e. The molecular weight excluding hydrogens is 432 g/mol. The van der Waals surface area contributed by atoms with E-state index in [0.29, 0.717) is 25.1 Å². The van der Waals surface area contributed by atoms with E-state index in [1.807, 2.05) is 44.2 Å². The van der Waals surface area contributed by atoms with Gasteiger partial charge in [-0.2, -0.15) is 0 Å². The number of aromatic amines is 1. The molecule has 9 nitrogen and oxygen atoms in total. The molecule has 0 bridgehead atoms. The molecule has 0 unspecified atom stereocenters. The number of benzene rings is 1. The number of H-pyrrole nitrogens is 1. The van der Waals surface area contributed by atoms with Crippen molar-refractivity contribution in [2.24, 2.45) is 0 Å². The maximum Gasteiger partial charge on any atom is 0.330 e. The van der Waals surface area contributed by atoms with Crippen molar-refractivity contribution in [2.45, 2.75) is 51.0 Å². The van der Waals surface area contributed by atoms with Crippen molar-refractivity contribution in [3.8, 4) is 0 Å². The molecule has 3 N–H and O–H groups in total. The Morgan fingerprint density at radius 3 is 2.53 bits per heavy atom. The van der Waals surface area contributed by atoms with E-state index in [9.17, 15) is 19.2 Å². The lowest BCUT2D eigenvalue weighted by molar-refractivity contribution is -0.147. The molecule has 1 aromatic heterocycles. The molecule has 0 saturated heterocycles. The summed E-state index contributed by atoms with van der Waals surface area (Å²) in [6.45, 7) is 3.82. The quantitative estimate of drug-likeness (QED) is 0.366. The average Bonchev–Trinajstić information content (AvgIpc) is 2.77. The Hall–Kier alpha value is -3.01. The first kappa shape index (κ1) is 25.3. The minimum absolute atomic E-state index is 0.0735. The van der Waals surface area contributed by atoms with Crippen LogP contribution in [0.25, 0.3) is 0 Å². The molecule has 0 aliphatic rings. The summed E-state index contributed by atoms with van der Waals surface area (Å²) in [4.78, 5) is 54.0. The Kier molecular flexibility index (Phi) is 10.1. The number of anilines is 2. The molecule has 0 aliphatic carbocycles. The Morgan fingerprint density at radius 2 is 1.88 bits per heavy atom. The monoisotopic (exact) mass is 462 g/mol. The zero-order chi connectivity index (χ0) is 23.5. The largest absolute Gasteiger partial charge is 0.456 e. The summed E-state index contributed by atoms with van der Waals surface area (Å²) < 4.78 is 6.37. The maximum atomic E-state index is 12.9. The lowest BCUT2D eigenvalue weighted by Gasteiger charge is -2.24. The number of ether oxygens (including phenoxy) is 1. The molecule has 174 valence electrons. The predicted molar refractivity (Wildman–Crippen MR) is 126 cm³/mol. The number of rotatable bonds is 12. The van der Waals surface area contributed by atoms with Gasteiger partial charge in [0.25, 0.3) is 11.5 Å². The normalized spacial score (nSPS) is 10.7. The molecule has 0 atom stereocenters. The van der Waals surface area contributed by atoms with Crippen LogP contribution in [-0.2, 0) is 20.9 Å². The van der Waals surface area contributed by atoms with Crippen LogP contribution in [0.5, 0.6) is 0 Å². The number of carbonyl (C=O) groups is 2. The first-order valence-electron chi connectivity index (χ1n) is 10.6. The van der Waals surface area contributed by atoms with E-state index < -0.39 is 29.7 Å². The van der Waals surface area contributed by atoms with Crippen molar-refractivity contribution >= 4 is 35.1 Å². The zero-order valence-electron chi connectivity index (χ0n) is 18.5. The van der Waals surface area contributed by atoms with Gasteiger partial charge in [0.2, 0.25) is 0 Å². The van der Waals surface area contributed by atoms with Crippen LogP contribution >= 0.6 is 11.8 Å². The van der Waals surface area contributed by atoms with Gasteiger partial charge in [0.15, 0.2) is 12.3 Å². The van der Waals surface area contributed by atoms with Crippen LogP contribution in [0.1, 0.15) is 39.5 Å². The summed E-state index contributed by atoms with van der Waals surface area (Å²) >= 11 is 1.52. The molecule has 0 spiro atoms. The number of unbranched alkanes of at least 4 members (excludes halogenated alkanes) is 1. The van der Waals surface area contributed by atoms with Gasteiger partial charge >= 0.3 is 11.7 Å². The maximum absolute atomic E-state index is 12.9. The summed E-state index contributed by atoms with van der Waals surface area (Å²) in [6, 6.07) is 9.65. The fraction of sp³-hybridized carbons (Fsp3) is 0.455. The fourth-order valence-electron chi connectivity index (χ4n) is 3.02. The number of amides is 1. The SMILES string of the molecule is CCCCN(C(=O)COC(=O)CCSc1ccccc1)c1c(N)n(CCC)c(=O)[nH]c1=O. The second-order valence-corrected chi connectivity index (χ2v) is 8.28. The third-order valence-electron chi connectivity index (χ3n) is 4.64. The molecule has 0 radical (unpaired) electrons. The highest BCUT2D eigenvalue weighted by Gasteiger charge is 2.24. The van der Waals surface area contributed by atoms with E-state index in [2.05, 4.69) is 4.98 Å². The third kappa shape index (κ3) is 7.01. The molecular formula is C22H30N4O5S. The Labute approximate surface area is 190 Å². The van der Waals surface area contributed by atoms with Gasteiger partial charge < -0.3 is 15.4 Å². The van der Waals surface area contributed by atoms with Crippen molar-refractivity contribution < 1.29 is 14.3 Å². The number of aromatic nitrogens is 2. The molecule has 0 fully saturated rings. The fourth-order valence-corrected chi connectivity index (χ4v) is 3.88. The number of nitrogens with one attached hydrogen (secondary N) is 1. The molecule has 0 aliphatic heterocycles. The average molecular weight is 463 g/mol. The number of carbonyl (C=O) groups excluding carboxylic acids is 2. The highest BCUT2D eigenvalue weighted by molar-refractivity contribution is 7.99. The highest BCUT2D eigenvalue weighted by Crippen LogP contribution is 2.19. The molecule has 1 amide bonds. The Morgan fingerprint density at radius 1 is 1.16 bits per heavy atom. The summed E-state index contributed by atoms with van der Waals surface area (Å²) in [5.74, 6) is -0.627. The number of nitrogen functional groups attached to an aromatic ring is 1. The number of esters is 1. The second-order valence-electron chi connectivity index (χ2n) is 7.12. The summed E-state index contributed by atoms with van der Waals surface area (Å²) in [7, 11) is 0. The number of nitrogens with zero attached hydrogens (tertiary/aromatic N) is 2. The van der Waals surface area contributed by atoms with Crippen LogP contribution in [0.2, 0.25) is 0 Å². The van der Waals surface area contributed by atoms with E-state index >= 15 is 0 Å². The van der Waals surface area contributed by atoms with Crippen molar-refractivity contribution in [3.05, 3.63) is 51.2 Å². The van der Waals surface area contributed by atoms with Crippen molar-refractivity contribution in [1.82, 2.24) is 9.55 Å². The van der Waals surface area contributed by atoms with Crippen LogP contribution < -0.4 is 21.9 Å². The number of thioether (sulfide) groups is 1. The first-order chi connectivity index (χ1) is 15.4. The van der Waals surface area contributed by atoms with E-state index in [-0.39, 0.29) is 24.5 Å². The van der Waals surface area contributed by atoms with Crippen LogP contribution in [-0.4, -0.2) is 40.3 Å². The first-order valence-corrected chi connectivity index (χ1v) is 11.6. The lowest BCUT2D eigenvalue weighted by Crippen LogP contribution is -2.43.